The lowest BCUT2D eigenvalue weighted by molar-refractivity contribution is 0.0718. The molecule has 35 heavy (non-hydrogen) atoms. The van der Waals surface area contributed by atoms with Gasteiger partial charge < -0.3 is 5.32 Å². The smallest absolute Gasteiger partial charge is 0.280 e. The van der Waals surface area contributed by atoms with Gasteiger partial charge in [-0.1, -0.05) is 64.6 Å². The molecule has 0 saturated heterocycles. The number of amides is 1. The van der Waals surface area contributed by atoms with E-state index >= 15 is 0 Å². The Hall–Kier alpha value is -2.57. The normalized spacial score (nSPS) is 15.5. The Bertz CT molecular complexity index is 1430. The molecule has 4 rings (SSSR count). The highest BCUT2D eigenvalue weighted by Gasteiger charge is 2.36. The van der Waals surface area contributed by atoms with Crippen LogP contribution in [0.15, 0.2) is 64.6 Å². The van der Waals surface area contributed by atoms with Gasteiger partial charge in [-0.2, -0.15) is 10.1 Å². The third kappa shape index (κ3) is 4.91. The molecule has 1 amide bonds. The maximum atomic E-state index is 13.2. The van der Waals surface area contributed by atoms with Crippen LogP contribution in [0.1, 0.15) is 10.4 Å². The number of hydrogen-bond donors (Lipinski definition) is 3. The maximum absolute atomic E-state index is 13.2. The molecule has 1 unspecified atom stereocenters. The molecule has 0 fully saturated rings. The number of hydrazone groups is 1. The van der Waals surface area contributed by atoms with E-state index in [2.05, 4.69) is 10.4 Å². The summed E-state index contributed by atoms with van der Waals surface area (Å²) in [5, 5.41) is 14.3. The topological polar surface area (TPSA) is 134 Å². The van der Waals surface area contributed by atoms with Crippen LogP contribution >= 0.6 is 46.4 Å². The van der Waals surface area contributed by atoms with Crippen molar-refractivity contribution >= 4 is 85.7 Å². The molecule has 1 aliphatic heterocycles. The zero-order valence-electron chi connectivity index (χ0n) is 17.5. The number of halogens is 4. The highest BCUT2D eigenvalue weighted by molar-refractivity contribution is 7.89. The minimum Gasteiger partial charge on any atom is -0.351 e. The number of nitrogens with zero attached hydrogens (tertiary/aromatic N) is 3. The fourth-order valence-corrected chi connectivity index (χ4v) is 5.22. The van der Waals surface area contributed by atoms with Crippen LogP contribution in [-0.2, 0) is 10.0 Å². The van der Waals surface area contributed by atoms with Crippen molar-refractivity contribution in [3.05, 3.63) is 80.3 Å². The Morgan fingerprint density at radius 1 is 0.914 bits per heavy atom. The molecule has 3 aromatic carbocycles. The van der Waals surface area contributed by atoms with E-state index in [1.165, 1.54) is 35.5 Å². The summed E-state index contributed by atoms with van der Waals surface area (Å²) in [6, 6.07) is 13.8. The van der Waals surface area contributed by atoms with Crippen molar-refractivity contribution in [3.63, 3.8) is 0 Å². The van der Waals surface area contributed by atoms with E-state index in [1.807, 2.05) is 0 Å². The Balaban J connectivity index is 1.79. The zero-order chi connectivity index (χ0) is 25.5. The number of primary sulfonamides is 1. The molecule has 0 aromatic heterocycles. The van der Waals surface area contributed by atoms with Gasteiger partial charge in [0.15, 0.2) is 6.29 Å². The first-order chi connectivity index (χ1) is 16.5. The number of rotatable bonds is 5. The van der Waals surface area contributed by atoms with Crippen molar-refractivity contribution in [3.8, 4) is 0 Å². The number of anilines is 3. The van der Waals surface area contributed by atoms with Crippen LogP contribution in [-0.4, -0.2) is 32.0 Å². The van der Waals surface area contributed by atoms with Crippen molar-refractivity contribution in [1.82, 2.24) is 5.01 Å². The molecule has 182 valence electrons. The molecule has 0 aliphatic carbocycles. The van der Waals surface area contributed by atoms with Crippen molar-refractivity contribution in [1.29, 1.82) is 0 Å². The van der Waals surface area contributed by atoms with Gasteiger partial charge in [0.05, 0.1) is 42.7 Å². The van der Waals surface area contributed by atoms with Crippen LogP contribution < -0.4 is 21.1 Å². The Kier molecular flexibility index (Phi) is 7.16. The second-order valence-electron chi connectivity index (χ2n) is 7.22. The van der Waals surface area contributed by atoms with Gasteiger partial charge in [-0.25, -0.2) is 13.6 Å². The second kappa shape index (κ2) is 9.82. The van der Waals surface area contributed by atoms with Crippen molar-refractivity contribution in [2.24, 2.45) is 16.0 Å². The fourth-order valence-electron chi connectivity index (χ4n) is 3.42. The van der Waals surface area contributed by atoms with Gasteiger partial charge in [-0.05, 0) is 36.4 Å². The molecule has 9 nitrogen and oxygen atoms in total. The van der Waals surface area contributed by atoms with Crippen LogP contribution in [0.25, 0.3) is 0 Å². The third-order valence-electron chi connectivity index (χ3n) is 5.01. The molecule has 14 heteroatoms. The first kappa shape index (κ1) is 25.5. The van der Waals surface area contributed by atoms with Gasteiger partial charge in [-0.15, -0.1) is 0 Å². The van der Waals surface area contributed by atoms with Crippen LogP contribution in [0.3, 0.4) is 0 Å². The predicted octanol–water partition coefficient (Wildman–Crippen LogP) is 4.84. The highest BCUT2D eigenvalue weighted by Crippen LogP contribution is 2.40. The molecule has 5 N–H and O–H groups in total. The average Bonchev–Trinajstić information content (AvgIpc) is 3.16. The Morgan fingerprint density at radius 3 is 2.03 bits per heavy atom. The summed E-state index contributed by atoms with van der Waals surface area (Å²) in [6.45, 7) is 0. The van der Waals surface area contributed by atoms with E-state index in [0.29, 0.717) is 5.69 Å². The molecule has 1 atom stereocenters. The average molecular weight is 574 g/mol. The van der Waals surface area contributed by atoms with Crippen LogP contribution in [0.2, 0.25) is 20.1 Å². The second-order valence-corrected chi connectivity index (χ2v) is 10.4. The van der Waals surface area contributed by atoms with E-state index in [4.69, 9.17) is 57.3 Å². The first-order valence-electron chi connectivity index (χ1n) is 9.73. The molecular formula is C21H16Cl4N6O3S. The lowest BCUT2D eigenvalue weighted by atomic mass is 10.2. The van der Waals surface area contributed by atoms with Crippen LogP contribution in [0.4, 0.5) is 17.1 Å². The highest BCUT2D eigenvalue weighted by atomic mass is 35.5. The van der Waals surface area contributed by atoms with E-state index < -0.39 is 22.2 Å². The van der Waals surface area contributed by atoms with Gasteiger partial charge in [0, 0.05) is 0 Å². The lowest BCUT2D eigenvalue weighted by Gasteiger charge is -2.29. The summed E-state index contributed by atoms with van der Waals surface area (Å²) in [4.78, 5) is 14.1. The number of hydrogen-bond acceptors (Lipinski definition) is 7. The number of carbonyl (C=O) groups excluding carboxylic acids is 1. The van der Waals surface area contributed by atoms with Crippen LogP contribution in [0, 0.1) is 0 Å². The van der Waals surface area contributed by atoms with E-state index in [9.17, 15) is 13.2 Å². The molecule has 0 saturated carbocycles. The summed E-state index contributed by atoms with van der Waals surface area (Å²) in [7, 11) is -4.24. The Morgan fingerprint density at radius 2 is 1.46 bits per heavy atom. The molecular weight excluding hydrogens is 558 g/mol. The standard InChI is InChI=1S/C21H16Cl4N6O3S/c22-11-4-1-5-12(23)17(11)20(32)31-21(26)30(10-28-31)19-15(8-3-9-16(19)35(27,33)34)29-18-13(24)6-2-7-14(18)25/h1-10,21,29H,26H2,(H2,27,33,34). The zero-order valence-corrected chi connectivity index (χ0v) is 21.3. The van der Waals surface area contributed by atoms with Crippen molar-refractivity contribution in [2.75, 3.05) is 10.2 Å². The minimum absolute atomic E-state index is 0.00814. The van der Waals surface area contributed by atoms with Crippen molar-refractivity contribution in [2.45, 2.75) is 11.2 Å². The summed E-state index contributed by atoms with van der Waals surface area (Å²) >= 11 is 24.9. The number of sulfonamides is 1. The fraction of sp³-hybridized carbons (Fsp3) is 0.0476. The molecule has 1 heterocycles. The monoisotopic (exact) mass is 572 g/mol. The summed E-state index contributed by atoms with van der Waals surface area (Å²) in [5.41, 5.74) is 6.90. The van der Waals surface area contributed by atoms with Gasteiger partial charge in [0.1, 0.15) is 11.2 Å². The van der Waals surface area contributed by atoms with E-state index in [-0.39, 0.29) is 41.9 Å². The number of carbonyl (C=O) groups is 1. The summed E-state index contributed by atoms with van der Waals surface area (Å²) < 4.78 is 24.9. The molecule has 0 bridgehead atoms. The minimum atomic E-state index is -4.24. The number of benzene rings is 3. The van der Waals surface area contributed by atoms with Gasteiger partial charge in [-0.3, -0.25) is 15.4 Å². The molecule has 1 aliphatic rings. The lowest BCUT2D eigenvalue weighted by Crippen LogP contribution is -2.49. The summed E-state index contributed by atoms with van der Waals surface area (Å²) in [6.07, 6.45) is -0.0866. The van der Waals surface area contributed by atoms with E-state index in [1.54, 1.807) is 30.3 Å². The first-order valence-corrected chi connectivity index (χ1v) is 12.8. The molecule has 3 aromatic rings. The van der Waals surface area contributed by atoms with E-state index in [0.717, 1.165) is 5.01 Å². The van der Waals surface area contributed by atoms with Gasteiger partial charge in [0.25, 0.3) is 5.91 Å². The SMILES string of the molecule is NC1N(C(=O)c2c(Cl)cccc2Cl)N=CN1c1c(Nc2c(Cl)cccc2Cl)cccc1S(N)(=O)=O. The maximum Gasteiger partial charge on any atom is 0.280 e. The number of nitrogens with two attached hydrogens (primary N) is 2. The third-order valence-corrected chi connectivity index (χ3v) is 7.21. The van der Waals surface area contributed by atoms with Crippen LogP contribution in [0.5, 0.6) is 0 Å². The number of para-hydroxylation sites is 2. The quantitative estimate of drug-likeness (QED) is 0.400. The molecule has 0 spiro atoms. The molecule has 0 radical (unpaired) electrons. The number of nitrogens with one attached hydrogen (secondary N) is 1. The van der Waals surface area contributed by atoms with Gasteiger partial charge >= 0.3 is 0 Å². The summed E-state index contributed by atoms with van der Waals surface area (Å²) in [5.74, 6) is -0.691. The van der Waals surface area contributed by atoms with Crippen molar-refractivity contribution < 1.29 is 13.2 Å². The largest absolute Gasteiger partial charge is 0.351 e. The van der Waals surface area contributed by atoms with Gasteiger partial charge in [0.2, 0.25) is 10.0 Å². The Labute approximate surface area is 220 Å². The predicted molar refractivity (Wildman–Crippen MR) is 139 cm³/mol.